The topological polar surface area (TPSA) is 74.6 Å². The highest BCUT2D eigenvalue weighted by Gasteiger charge is 2.71. The monoisotopic (exact) mass is 582 g/mol. The van der Waals surface area contributed by atoms with E-state index < -0.39 is 23.4 Å². The maximum Gasteiger partial charge on any atom is 0.191 e. The minimum absolute atomic E-state index is 0.00280. The van der Waals surface area contributed by atoms with Crippen molar-refractivity contribution < 1.29 is 19.8 Å². The first-order valence-electron chi connectivity index (χ1n) is 10.3. The Balaban J connectivity index is 1.72. The molecule has 0 amide bonds. The van der Waals surface area contributed by atoms with E-state index in [1.165, 1.54) is 0 Å². The molecule has 9 atom stereocenters. The van der Waals surface area contributed by atoms with E-state index in [9.17, 15) is 19.8 Å². The first kappa shape index (κ1) is 21.9. The molecule has 2 N–H and O–H groups in total. The third-order valence-electron chi connectivity index (χ3n) is 9.36. The number of ketones is 2. The molecule has 0 bridgehead atoms. The SMILES string of the molecule is CC12CCC(=O)C(Br)C1(Br)CCC1C2CCC2(C)C1CC(Br)C2(O)C(=O)CO. The van der Waals surface area contributed by atoms with Crippen LogP contribution in [0.4, 0.5) is 0 Å². The van der Waals surface area contributed by atoms with Crippen LogP contribution in [0, 0.1) is 28.6 Å². The predicted molar refractivity (Wildman–Crippen MR) is 118 cm³/mol. The smallest absolute Gasteiger partial charge is 0.191 e. The molecular weight excluding hydrogens is 556 g/mol. The number of hydrogen-bond acceptors (Lipinski definition) is 4. The van der Waals surface area contributed by atoms with Crippen LogP contribution < -0.4 is 0 Å². The van der Waals surface area contributed by atoms with Gasteiger partial charge in [-0.05, 0) is 61.7 Å². The molecule has 4 aliphatic carbocycles. The average molecular weight is 585 g/mol. The maximum absolute atomic E-state index is 12.6. The summed E-state index contributed by atoms with van der Waals surface area (Å²) in [5.41, 5.74) is -2.03. The van der Waals surface area contributed by atoms with E-state index >= 15 is 0 Å². The zero-order valence-electron chi connectivity index (χ0n) is 16.4. The largest absolute Gasteiger partial charge is 0.388 e. The minimum atomic E-state index is -1.51. The van der Waals surface area contributed by atoms with Crippen molar-refractivity contribution in [2.24, 2.45) is 28.6 Å². The van der Waals surface area contributed by atoms with Crippen molar-refractivity contribution in [2.75, 3.05) is 6.61 Å². The van der Waals surface area contributed by atoms with E-state index in [4.69, 9.17) is 0 Å². The summed E-state index contributed by atoms with van der Waals surface area (Å²) in [6.07, 6.45) is 5.86. The number of carbonyl (C=O) groups excluding carboxylic acids is 2. The highest BCUT2D eigenvalue weighted by molar-refractivity contribution is 9.12. The lowest BCUT2D eigenvalue weighted by atomic mass is 9.44. The van der Waals surface area contributed by atoms with Crippen molar-refractivity contribution in [3.63, 3.8) is 0 Å². The van der Waals surface area contributed by atoms with Crippen molar-refractivity contribution in [1.29, 1.82) is 0 Å². The molecular formula is C21H29Br3O4. The fourth-order valence-electron chi connectivity index (χ4n) is 7.62. The summed E-state index contributed by atoms with van der Waals surface area (Å²) in [6, 6.07) is 0. The van der Waals surface area contributed by atoms with Gasteiger partial charge in [0.2, 0.25) is 0 Å². The molecule has 4 aliphatic rings. The number of aliphatic hydroxyl groups excluding tert-OH is 1. The van der Waals surface area contributed by atoms with Crippen molar-refractivity contribution in [3.05, 3.63) is 0 Å². The van der Waals surface area contributed by atoms with Crippen LogP contribution in [-0.4, -0.2) is 48.0 Å². The third-order valence-corrected chi connectivity index (χ3v) is 14.1. The van der Waals surface area contributed by atoms with Gasteiger partial charge in [0, 0.05) is 11.8 Å². The Kier molecular flexibility index (Phi) is 5.36. The van der Waals surface area contributed by atoms with Crippen LogP contribution in [0.2, 0.25) is 0 Å². The fraction of sp³-hybridized carbons (Fsp3) is 0.905. The van der Waals surface area contributed by atoms with Crippen LogP contribution in [0.3, 0.4) is 0 Å². The van der Waals surface area contributed by atoms with Gasteiger partial charge >= 0.3 is 0 Å². The summed E-state index contributed by atoms with van der Waals surface area (Å²) in [4.78, 5) is 24.6. The lowest BCUT2D eigenvalue weighted by Crippen LogP contribution is -2.65. The summed E-state index contributed by atoms with van der Waals surface area (Å²) >= 11 is 11.4. The number of aliphatic hydroxyl groups is 2. The molecule has 0 radical (unpaired) electrons. The summed E-state index contributed by atoms with van der Waals surface area (Å²) in [5, 5.41) is 21.0. The summed E-state index contributed by atoms with van der Waals surface area (Å²) in [5.74, 6) is 0.939. The molecule has 4 nitrogen and oxygen atoms in total. The number of halogens is 3. The van der Waals surface area contributed by atoms with Crippen LogP contribution in [0.5, 0.6) is 0 Å². The van der Waals surface area contributed by atoms with E-state index in [1.54, 1.807) is 0 Å². The molecule has 0 aromatic rings. The minimum Gasteiger partial charge on any atom is -0.388 e. The Hall–Kier alpha value is 0.700. The van der Waals surface area contributed by atoms with Gasteiger partial charge in [0.05, 0.1) is 14.0 Å². The molecule has 0 saturated heterocycles. The molecule has 4 rings (SSSR count). The molecule has 0 heterocycles. The van der Waals surface area contributed by atoms with E-state index in [0.29, 0.717) is 18.3 Å². The third kappa shape index (κ3) is 2.46. The number of alkyl halides is 3. The van der Waals surface area contributed by atoms with Crippen LogP contribution in [0.25, 0.3) is 0 Å². The second kappa shape index (κ2) is 6.85. The number of Topliss-reactive ketones (excluding diaryl/α,β-unsaturated/α-hetero) is 2. The molecule has 4 fully saturated rings. The summed E-state index contributed by atoms with van der Waals surface area (Å²) in [7, 11) is 0. The normalized spacial score (nSPS) is 56.0. The number of hydrogen-bond donors (Lipinski definition) is 2. The molecule has 158 valence electrons. The van der Waals surface area contributed by atoms with Gasteiger partial charge in [0.25, 0.3) is 0 Å². The summed E-state index contributed by atoms with van der Waals surface area (Å²) in [6.45, 7) is 3.77. The van der Waals surface area contributed by atoms with Crippen LogP contribution in [0.1, 0.15) is 58.8 Å². The Morgan fingerprint density at radius 3 is 2.43 bits per heavy atom. The number of rotatable bonds is 2. The molecule has 28 heavy (non-hydrogen) atoms. The first-order chi connectivity index (χ1) is 13.0. The molecule has 4 saturated carbocycles. The maximum atomic E-state index is 12.6. The predicted octanol–water partition coefficient (Wildman–Crippen LogP) is 4.16. The van der Waals surface area contributed by atoms with Crippen LogP contribution in [0.15, 0.2) is 0 Å². The van der Waals surface area contributed by atoms with Crippen molar-refractivity contribution in [3.8, 4) is 0 Å². The number of fused-ring (bicyclic) bond motifs is 5. The van der Waals surface area contributed by atoms with Gasteiger partial charge in [-0.2, -0.15) is 0 Å². The Morgan fingerprint density at radius 1 is 1.11 bits per heavy atom. The quantitative estimate of drug-likeness (QED) is 0.478. The molecule has 9 unspecified atom stereocenters. The Labute approximate surface area is 192 Å². The van der Waals surface area contributed by atoms with Crippen LogP contribution in [-0.2, 0) is 9.59 Å². The van der Waals surface area contributed by atoms with E-state index in [-0.39, 0.29) is 31.1 Å². The van der Waals surface area contributed by atoms with Gasteiger partial charge in [-0.15, -0.1) is 0 Å². The van der Waals surface area contributed by atoms with Gasteiger partial charge in [0.1, 0.15) is 18.0 Å². The highest BCUT2D eigenvalue weighted by atomic mass is 79.9. The Bertz CT molecular complexity index is 716. The van der Waals surface area contributed by atoms with E-state index in [1.807, 2.05) is 0 Å². The zero-order valence-corrected chi connectivity index (χ0v) is 21.1. The lowest BCUT2D eigenvalue weighted by molar-refractivity contribution is -0.168. The molecule has 7 heteroatoms. The molecule has 0 aliphatic heterocycles. The van der Waals surface area contributed by atoms with E-state index in [0.717, 1.165) is 38.5 Å². The zero-order chi connectivity index (χ0) is 20.7. The van der Waals surface area contributed by atoms with Gasteiger partial charge < -0.3 is 10.2 Å². The highest BCUT2D eigenvalue weighted by Crippen LogP contribution is 2.71. The van der Waals surface area contributed by atoms with Crippen LogP contribution >= 0.6 is 47.8 Å². The lowest BCUT2D eigenvalue weighted by Gasteiger charge is -2.64. The van der Waals surface area contributed by atoms with Crippen molar-refractivity contribution in [2.45, 2.75) is 78.4 Å². The standard InChI is InChI=1S/C21H29Br3O4/c1-18-7-5-14(26)17(23)20(18,24)8-3-11-12(18)4-6-19(2)13(11)9-15(22)21(19,28)16(27)10-25/h11-13,15,17,25,28H,3-10H2,1-2H3. The van der Waals surface area contributed by atoms with Crippen molar-refractivity contribution in [1.82, 2.24) is 0 Å². The van der Waals surface area contributed by atoms with Gasteiger partial charge in [-0.1, -0.05) is 61.6 Å². The van der Waals surface area contributed by atoms with Gasteiger partial charge in [-0.3, -0.25) is 9.59 Å². The van der Waals surface area contributed by atoms with Gasteiger partial charge in [0.15, 0.2) is 5.78 Å². The molecule has 0 spiro atoms. The van der Waals surface area contributed by atoms with E-state index in [2.05, 4.69) is 61.6 Å². The fourth-order valence-corrected chi connectivity index (χ4v) is 10.8. The summed E-state index contributed by atoms with van der Waals surface area (Å²) < 4.78 is -0.228. The second-order valence-electron chi connectivity index (χ2n) is 10.0. The first-order valence-corrected chi connectivity index (χ1v) is 13.0. The molecule has 0 aromatic carbocycles. The molecule has 0 aromatic heterocycles. The average Bonchev–Trinajstić information content (AvgIpc) is 2.88. The Morgan fingerprint density at radius 2 is 1.79 bits per heavy atom. The van der Waals surface area contributed by atoms with Crippen molar-refractivity contribution >= 4 is 59.4 Å². The second-order valence-corrected chi connectivity index (χ2v) is 13.5. The number of carbonyl (C=O) groups is 2. The van der Waals surface area contributed by atoms with Gasteiger partial charge in [-0.25, -0.2) is 0 Å².